The van der Waals surface area contributed by atoms with Crippen molar-refractivity contribution in [2.75, 3.05) is 55.0 Å². The number of carbonyl (C=O) groups is 1. The molecule has 4 aromatic rings. The summed E-state index contributed by atoms with van der Waals surface area (Å²) in [5.41, 5.74) is 4.28. The minimum atomic E-state index is -0.601. The molecule has 1 aliphatic heterocycles. The predicted octanol–water partition coefficient (Wildman–Crippen LogP) is 6.32. The number of benzene rings is 3. The maximum Gasteiger partial charge on any atom is 0.425 e. The van der Waals surface area contributed by atoms with E-state index in [2.05, 4.69) is 39.3 Å². The lowest BCUT2D eigenvalue weighted by molar-refractivity contribution is 0.209. The van der Waals surface area contributed by atoms with Gasteiger partial charge in [-0.3, -0.25) is 0 Å². The smallest absolute Gasteiger partial charge is 0.425 e. The van der Waals surface area contributed by atoms with Gasteiger partial charge in [0.15, 0.2) is 0 Å². The number of rotatable bonds is 8. The van der Waals surface area contributed by atoms with Crippen LogP contribution in [-0.4, -0.2) is 60.8 Å². The number of para-hydroxylation sites is 3. The number of carbonyl (C=O) groups excluding carboxylic acids is 1. The van der Waals surface area contributed by atoms with E-state index in [-0.39, 0.29) is 0 Å². The molecular formula is C32H36N6O3. The van der Waals surface area contributed by atoms with Gasteiger partial charge in [-0.15, -0.1) is 0 Å². The first-order valence-corrected chi connectivity index (χ1v) is 13.9. The maximum absolute atomic E-state index is 13.8. The number of hydrogen-bond donors (Lipinski definition) is 1. The molecule has 0 saturated carbocycles. The summed E-state index contributed by atoms with van der Waals surface area (Å²) in [5.74, 6) is 1.76. The Hall–Kier alpha value is -4.63. The molecule has 0 atom stereocenters. The summed E-state index contributed by atoms with van der Waals surface area (Å²) in [7, 11) is 2.15. The molecule has 0 radical (unpaired) electrons. The molecule has 1 amide bonds. The molecular weight excluding hydrogens is 516 g/mol. The van der Waals surface area contributed by atoms with Gasteiger partial charge in [-0.2, -0.15) is 4.98 Å². The quantitative estimate of drug-likeness (QED) is 0.272. The first kappa shape index (κ1) is 27.9. The molecule has 9 nitrogen and oxygen atoms in total. The molecule has 212 valence electrons. The Kier molecular flexibility index (Phi) is 8.64. The fourth-order valence-corrected chi connectivity index (χ4v) is 4.81. The fraction of sp³-hybridized carbons (Fsp3) is 0.281. The molecule has 9 heteroatoms. The molecule has 1 aromatic heterocycles. The van der Waals surface area contributed by atoms with E-state index < -0.39 is 6.09 Å². The molecule has 3 aromatic carbocycles. The zero-order valence-electron chi connectivity index (χ0n) is 24.0. The topological polar surface area (TPSA) is 83.1 Å². The SMILES string of the molecule is CCOc1ccccc1N(C(=O)Oc1c(C)cccc1C)c1ccnc(Nc2ccc(N3CCN(C)CC3)cc2)n1. The highest BCUT2D eigenvalue weighted by molar-refractivity contribution is 5.98. The van der Waals surface area contributed by atoms with Crippen LogP contribution in [0.15, 0.2) is 79.0 Å². The van der Waals surface area contributed by atoms with Gasteiger partial charge >= 0.3 is 6.09 Å². The van der Waals surface area contributed by atoms with Crippen LogP contribution in [0.1, 0.15) is 18.1 Å². The van der Waals surface area contributed by atoms with Crippen molar-refractivity contribution in [1.29, 1.82) is 0 Å². The number of anilines is 5. The van der Waals surface area contributed by atoms with E-state index in [0.29, 0.717) is 35.6 Å². The molecule has 1 N–H and O–H groups in total. The third-order valence-electron chi connectivity index (χ3n) is 7.05. The highest BCUT2D eigenvalue weighted by Crippen LogP contribution is 2.35. The number of likely N-dealkylation sites (N-methyl/N-ethyl adjacent to an activating group) is 1. The Morgan fingerprint density at radius 2 is 1.63 bits per heavy atom. The lowest BCUT2D eigenvalue weighted by Gasteiger charge is -2.34. The number of aromatic nitrogens is 2. The highest BCUT2D eigenvalue weighted by atomic mass is 16.6. The van der Waals surface area contributed by atoms with Crippen molar-refractivity contribution >= 4 is 34.9 Å². The van der Waals surface area contributed by atoms with Crippen molar-refractivity contribution in [1.82, 2.24) is 14.9 Å². The second kappa shape index (κ2) is 12.7. The summed E-state index contributed by atoms with van der Waals surface area (Å²) in [6.07, 6.45) is 1.02. The molecule has 0 spiro atoms. The average Bonchev–Trinajstić information content (AvgIpc) is 2.97. The summed E-state index contributed by atoms with van der Waals surface area (Å²) in [6.45, 7) is 10.3. The third kappa shape index (κ3) is 6.58. The summed E-state index contributed by atoms with van der Waals surface area (Å²) < 4.78 is 11.8. The largest absolute Gasteiger partial charge is 0.492 e. The molecule has 5 rings (SSSR count). The third-order valence-corrected chi connectivity index (χ3v) is 7.05. The van der Waals surface area contributed by atoms with Crippen molar-refractivity contribution < 1.29 is 14.3 Å². The van der Waals surface area contributed by atoms with Crippen LogP contribution in [0.5, 0.6) is 11.5 Å². The van der Waals surface area contributed by atoms with Crippen molar-refractivity contribution in [3.63, 3.8) is 0 Å². The number of nitrogens with one attached hydrogen (secondary N) is 1. The van der Waals surface area contributed by atoms with E-state index in [4.69, 9.17) is 14.5 Å². The average molecular weight is 553 g/mol. The summed E-state index contributed by atoms with van der Waals surface area (Å²) in [5, 5.41) is 3.28. The second-order valence-corrected chi connectivity index (χ2v) is 10.0. The number of ether oxygens (including phenoxy) is 2. The molecule has 1 fully saturated rings. The molecule has 2 heterocycles. The van der Waals surface area contributed by atoms with Gasteiger partial charge in [0, 0.05) is 49.8 Å². The van der Waals surface area contributed by atoms with Gasteiger partial charge in [0.1, 0.15) is 17.3 Å². The van der Waals surface area contributed by atoms with E-state index in [1.165, 1.54) is 10.6 Å². The van der Waals surface area contributed by atoms with E-state index in [1.807, 2.05) is 75.4 Å². The summed E-state index contributed by atoms with van der Waals surface area (Å²) in [4.78, 5) is 29.1. The van der Waals surface area contributed by atoms with Gasteiger partial charge in [-0.1, -0.05) is 30.3 Å². The molecule has 1 aliphatic rings. The van der Waals surface area contributed by atoms with Crippen LogP contribution in [0.25, 0.3) is 0 Å². The second-order valence-electron chi connectivity index (χ2n) is 10.0. The monoisotopic (exact) mass is 552 g/mol. The summed E-state index contributed by atoms with van der Waals surface area (Å²) in [6, 6.07) is 23.0. The van der Waals surface area contributed by atoms with Crippen molar-refractivity contribution in [3.8, 4) is 11.5 Å². The maximum atomic E-state index is 13.8. The van der Waals surface area contributed by atoms with Crippen LogP contribution in [0.2, 0.25) is 0 Å². The van der Waals surface area contributed by atoms with Crippen LogP contribution in [0.4, 0.5) is 33.6 Å². The number of aryl methyl sites for hydroxylation is 2. The van der Waals surface area contributed by atoms with Gasteiger partial charge in [-0.25, -0.2) is 14.7 Å². The van der Waals surface area contributed by atoms with Gasteiger partial charge in [-0.05, 0) is 75.3 Å². The van der Waals surface area contributed by atoms with E-state index in [9.17, 15) is 4.79 Å². The fourth-order valence-electron chi connectivity index (χ4n) is 4.81. The van der Waals surface area contributed by atoms with Crippen molar-refractivity contribution in [2.45, 2.75) is 20.8 Å². The minimum Gasteiger partial charge on any atom is -0.492 e. The molecule has 0 aliphatic carbocycles. The Balaban J connectivity index is 1.43. The first-order chi connectivity index (χ1) is 19.9. The Labute approximate surface area is 241 Å². The Morgan fingerprint density at radius 1 is 0.927 bits per heavy atom. The van der Waals surface area contributed by atoms with Crippen LogP contribution in [0.3, 0.4) is 0 Å². The summed E-state index contributed by atoms with van der Waals surface area (Å²) >= 11 is 0. The lowest BCUT2D eigenvalue weighted by atomic mass is 10.1. The van der Waals surface area contributed by atoms with E-state index in [1.54, 1.807) is 12.3 Å². The van der Waals surface area contributed by atoms with Crippen LogP contribution >= 0.6 is 0 Å². The number of hydrogen-bond acceptors (Lipinski definition) is 8. The minimum absolute atomic E-state index is 0.347. The number of piperazine rings is 1. The van der Waals surface area contributed by atoms with Gasteiger partial charge in [0.25, 0.3) is 0 Å². The van der Waals surface area contributed by atoms with Crippen LogP contribution in [0, 0.1) is 13.8 Å². The lowest BCUT2D eigenvalue weighted by Crippen LogP contribution is -2.44. The number of amides is 1. The van der Waals surface area contributed by atoms with Gasteiger partial charge < -0.3 is 24.6 Å². The van der Waals surface area contributed by atoms with E-state index in [0.717, 1.165) is 43.0 Å². The molecule has 1 saturated heterocycles. The predicted molar refractivity (Wildman–Crippen MR) is 163 cm³/mol. The molecule has 41 heavy (non-hydrogen) atoms. The first-order valence-electron chi connectivity index (χ1n) is 13.9. The Morgan fingerprint density at radius 3 is 2.34 bits per heavy atom. The van der Waals surface area contributed by atoms with Crippen LogP contribution < -0.4 is 24.6 Å². The van der Waals surface area contributed by atoms with Crippen molar-refractivity contribution in [2.24, 2.45) is 0 Å². The van der Waals surface area contributed by atoms with Gasteiger partial charge in [0.05, 0.1) is 12.3 Å². The zero-order chi connectivity index (χ0) is 28.8. The zero-order valence-corrected chi connectivity index (χ0v) is 24.0. The molecule has 0 bridgehead atoms. The normalized spacial score (nSPS) is 13.5. The van der Waals surface area contributed by atoms with E-state index >= 15 is 0 Å². The molecule has 0 unspecified atom stereocenters. The highest BCUT2D eigenvalue weighted by Gasteiger charge is 2.26. The standard InChI is InChI=1S/C32H36N6O3/c1-5-40-28-12-7-6-11-27(28)38(32(39)41-30-23(2)9-8-10-24(30)3)29-17-18-33-31(35-29)34-25-13-15-26(16-14-25)37-21-19-36(4)20-22-37/h6-18H,5,19-22H2,1-4H3,(H,33,34,35). The Bertz CT molecular complexity index is 1470. The number of nitrogens with zero attached hydrogens (tertiary/aromatic N) is 5. The van der Waals surface area contributed by atoms with Crippen molar-refractivity contribution in [3.05, 3.63) is 90.1 Å². The van der Waals surface area contributed by atoms with Crippen LogP contribution in [-0.2, 0) is 0 Å². The van der Waals surface area contributed by atoms with Gasteiger partial charge in [0.2, 0.25) is 5.95 Å².